The Morgan fingerprint density at radius 2 is 1.80 bits per heavy atom. The summed E-state index contributed by atoms with van der Waals surface area (Å²) in [6, 6.07) is 13.8. The summed E-state index contributed by atoms with van der Waals surface area (Å²) >= 11 is 0. The Kier molecular flexibility index (Phi) is 8.01. The molecule has 0 bridgehead atoms. The average Bonchev–Trinajstić information content (AvgIpc) is 3.59. The molecule has 3 heterocycles. The van der Waals surface area contributed by atoms with Gasteiger partial charge in [0.1, 0.15) is 11.3 Å². The minimum atomic E-state index is -0.547. The van der Waals surface area contributed by atoms with E-state index >= 15 is 0 Å². The quantitative estimate of drug-likeness (QED) is 0.245. The molecule has 11 nitrogen and oxygen atoms in total. The fourth-order valence-corrected chi connectivity index (χ4v) is 4.49. The van der Waals surface area contributed by atoms with Crippen LogP contribution in [0.25, 0.3) is 33.7 Å². The van der Waals surface area contributed by atoms with Crippen LogP contribution in [0, 0.1) is 0 Å². The first-order chi connectivity index (χ1) is 19.3. The molecule has 2 aromatic carbocycles. The van der Waals surface area contributed by atoms with Crippen LogP contribution in [-0.4, -0.2) is 77.2 Å². The SMILES string of the molecule is CC(C)(C)OC(=O)NCCCNC(=O)c1ccc2[nH]nc(-c3ncc(-c4ccc(N5CCOCC5)cc4)[nH]3)c2c1. The number of nitrogens with zero attached hydrogens (tertiary/aromatic N) is 3. The molecule has 210 valence electrons. The van der Waals surface area contributed by atoms with Gasteiger partial charge in [-0.1, -0.05) is 12.1 Å². The summed E-state index contributed by atoms with van der Waals surface area (Å²) in [6.07, 6.45) is 1.90. The van der Waals surface area contributed by atoms with Crippen molar-refractivity contribution in [2.24, 2.45) is 0 Å². The van der Waals surface area contributed by atoms with E-state index in [9.17, 15) is 9.59 Å². The van der Waals surface area contributed by atoms with Gasteiger partial charge in [0, 0.05) is 42.8 Å². The highest BCUT2D eigenvalue weighted by atomic mass is 16.6. The van der Waals surface area contributed by atoms with E-state index in [1.54, 1.807) is 12.3 Å². The molecular formula is C29H35N7O4. The molecule has 0 atom stereocenters. The van der Waals surface area contributed by atoms with Gasteiger partial charge in [0.25, 0.3) is 5.91 Å². The van der Waals surface area contributed by atoms with Crippen LogP contribution in [0.5, 0.6) is 0 Å². The number of rotatable bonds is 8. The van der Waals surface area contributed by atoms with Crippen LogP contribution in [0.2, 0.25) is 0 Å². The van der Waals surface area contributed by atoms with E-state index in [4.69, 9.17) is 9.47 Å². The lowest BCUT2D eigenvalue weighted by Crippen LogP contribution is -2.36. The number of anilines is 1. The molecule has 0 aliphatic carbocycles. The molecule has 0 radical (unpaired) electrons. The Morgan fingerprint density at radius 3 is 2.55 bits per heavy atom. The summed E-state index contributed by atoms with van der Waals surface area (Å²) in [7, 11) is 0. The molecule has 4 aromatic rings. The maximum atomic E-state index is 12.8. The summed E-state index contributed by atoms with van der Waals surface area (Å²) in [5, 5.41) is 13.9. The Labute approximate surface area is 232 Å². The van der Waals surface area contributed by atoms with Crippen molar-refractivity contribution in [1.29, 1.82) is 0 Å². The van der Waals surface area contributed by atoms with E-state index in [1.807, 2.05) is 32.9 Å². The zero-order valence-electron chi connectivity index (χ0n) is 23.0. The van der Waals surface area contributed by atoms with Crippen LogP contribution in [0.1, 0.15) is 37.6 Å². The fourth-order valence-electron chi connectivity index (χ4n) is 4.49. The van der Waals surface area contributed by atoms with Crippen molar-refractivity contribution in [3.05, 3.63) is 54.2 Å². The summed E-state index contributed by atoms with van der Waals surface area (Å²) in [6.45, 7) is 9.53. The molecule has 5 rings (SSSR count). The van der Waals surface area contributed by atoms with Gasteiger partial charge in [0.05, 0.1) is 30.6 Å². The largest absolute Gasteiger partial charge is 0.444 e. The number of carbonyl (C=O) groups excluding carboxylic acids is 2. The predicted octanol–water partition coefficient (Wildman–Crippen LogP) is 4.10. The Balaban J connectivity index is 1.21. The first kappa shape index (κ1) is 27.2. The van der Waals surface area contributed by atoms with Gasteiger partial charge in [-0.05, 0) is 63.1 Å². The molecule has 1 aliphatic heterocycles. The van der Waals surface area contributed by atoms with Crippen LogP contribution >= 0.6 is 0 Å². The third-order valence-corrected chi connectivity index (χ3v) is 6.49. The first-order valence-electron chi connectivity index (χ1n) is 13.5. The van der Waals surface area contributed by atoms with E-state index in [0.29, 0.717) is 36.6 Å². The summed E-state index contributed by atoms with van der Waals surface area (Å²) in [4.78, 5) is 34.8. The maximum Gasteiger partial charge on any atom is 0.407 e. The van der Waals surface area contributed by atoms with Gasteiger partial charge >= 0.3 is 6.09 Å². The van der Waals surface area contributed by atoms with Gasteiger partial charge in [-0.2, -0.15) is 5.10 Å². The second-order valence-electron chi connectivity index (χ2n) is 10.7. The number of hydrogen-bond acceptors (Lipinski definition) is 7. The molecule has 1 saturated heterocycles. The van der Waals surface area contributed by atoms with Crippen molar-refractivity contribution in [1.82, 2.24) is 30.8 Å². The number of aromatic amines is 2. The fraction of sp³-hybridized carbons (Fsp3) is 0.379. The van der Waals surface area contributed by atoms with Gasteiger partial charge in [-0.25, -0.2) is 9.78 Å². The predicted molar refractivity (Wildman–Crippen MR) is 153 cm³/mol. The van der Waals surface area contributed by atoms with Gasteiger partial charge in [-0.3, -0.25) is 9.89 Å². The van der Waals surface area contributed by atoms with Crippen LogP contribution in [-0.2, 0) is 9.47 Å². The molecule has 0 unspecified atom stereocenters. The molecule has 0 spiro atoms. The van der Waals surface area contributed by atoms with Crippen LogP contribution < -0.4 is 15.5 Å². The average molecular weight is 546 g/mol. The number of benzene rings is 2. The number of fused-ring (bicyclic) bond motifs is 1. The molecule has 2 amide bonds. The van der Waals surface area contributed by atoms with E-state index < -0.39 is 11.7 Å². The highest BCUT2D eigenvalue weighted by Crippen LogP contribution is 2.28. The minimum Gasteiger partial charge on any atom is -0.444 e. The number of imidazole rings is 1. The second kappa shape index (κ2) is 11.8. The van der Waals surface area contributed by atoms with Crippen molar-refractivity contribution in [3.63, 3.8) is 0 Å². The lowest BCUT2D eigenvalue weighted by atomic mass is 10.1. The molecule has 1 fully saturated rings. The standard InChI is InChI=1S/C29H35N7O4/c1-29(2,3)40-28(38)31-12-4-11-30-27(37)20-7-10-23-22(17-20)25(35-34-23)26-32-18-24(33-26)19-5-8-21(9-6-19)36-13-15-39-16-14-36/h5-10,17-18H,4,11-16H2,1-3H3,(H,30,37)(H,31,38)(H,32,33)(H,34,35). The van der Waals surface area contributed by atoms with Gasteiger partial charge in [0.15, 0.2) is 5.82 Å². The number of hydrogen-bond donors (Lipinski definition) is 4. The maximum absolute atomic E-state index is 12.8. The van der Waals surface area contributed by atoms with Crippen molar-refractivity contribution >= 4 is 28.6 Å². The van der Waals surface area contributed by atoms with Gasteiger partial charge < -0.3 is 30.0 Å². The lowest BCUT2D eigenvalue weighted by Gasteiger charge is -2.28. The molecule has 2 aromatic heterocycles. The van der Waals surface area contributed by atoms with Crippen LogP contribution in [0.15, 0.2) is 48.7 Å². The van der Waals surface area contributed by atoms with E-state index in [-0.39, 0.29) is 5.91 Å². The molecule has 40 heavy (non-hydrogen) atoms. The number of morpholine rings is 1. The number of alkyl carbamates (subject to hydrolysis) is 1. The first-order valence-corrected chi connectivity index (χ1v) is 13.5. The minimum absolute atomic E-state index is 0.202. The molecule has 4 N–H and O–H groups in total. The Bertz CT molecular complexity index is 1460. The number of amides is 2. The van der Waals surface area contributed by atoms with E-state index in [2.05, 4.69) is 60.0 Å². The molecule has 0 saturated carbocycles. The molecular weight excluding hydrogens is 510 g/mol. The van der Waals surface area contributed by atoms with E-state index in [0.717, 1.165) is 48.5 Å². The van der Waals surface area contributed by atoms with Crippen molar-refractivity contribution in [2.75, 3.05) is 44.3 Å². The summed E-state index contributed by atoms with van der Waals surface area (Å²) in [5.41, 5.74) is 4.50. The van der Waals surface area contributed by atoms with Gasteiger partial charge in [0.2, 0.25) is 0 Å². The number of ether oxygens (including phenoxy) is 2. The topological polar surface area (TPSA) is 137 Å². The number of nitrogens with one attached hydrogen (secondary N) is 4. The Hall–Kier alpha value is -4.38. The van der Waals surface area contributed by atoms with Crippen molar-refractivity contribution < 1.29 is 19.1 Å². The number of aromatic nitrogens is 4. The molecule has 11 heteroatoms. The number of carbonyl (C=O) groups is 2. The van der Waals surface area contributed by atoms with Crippen molar-refractivity contribution in [2.45, 2.75) is 32.8 Å². The second-order valence-corrected chi connectivity index (χ2v) is 10.7. The zero-order valence-corrected chi connectivity index (χ0v) is 23.0. The lowest BCUT2D eigenvalue weighted by molar-refractivity contribution is 0.0527. The zero-order chi connectivity index (χ0) is 28.1. The highest BCUT2D eigenvalue weighted by Gasteiger charge is 2.17. The summed E-state index contributed by atoms with van der Waals surface area (Å²) in [5.74, 6) is 0.413. The third-order valence-electron chi connectivity index (χ3n) is 6.49. The highest BCUT2D eigenvalue weighted by molar-refractivity contribution is 6.01. The third kappa shape index (κ3) is 6.60. The van der Waals surface area contributed by atoms with Crippen LogP contribution in [0.4, 0.5) is 10.5 Å². The summed E-state index contributed by atoms with van der Waals surface area (Å²) < 4.78 is 10.7. The number of H-pyrrole nitrogens is 2. The molecule has 1 aliphatic rings. The van der Waals surface area contributed by atoms with E-state index in [1.165, 1.54) is 5.69 Å². The monoisotopic (exact) mass is 545 g/mol. The van der Waals surface area contributed by atoms with Crippen LogP contribution in [0.3, 0.4) is 0 Å². The smallest absolute Gasteiger partial charge is 0.407 e. The normalized spacial score (nSPS) is 13.8. The van der Waals surface area contributed by atoms with Gasteiger partial charge in [-0.15, -0.1) is 0 Å². The van der Waals surface area contributed by atoms with Crippen molar-refractivity contribution in [3.8, 4) is 22.8 Å². The Morgan fingerprint density at radius 1 is 1.05 bits per heavy atom.